The molecule has 3 saturated heterocycles. The van der Waals surface area contributed by atoms with E-state index in [1.54, 1.807) is 4.31 Å². The highest BCUT2D eigenvalue weighted by molar-refractivity contribution is 7.87. The number of hydrogen-bond acceptors (Lipinski definition) is 4. The quantitative estimate of drug-likeness (QED) is 0.742. The Labute approximate surface area is 122 Å². The maximum absolute atomic E-state index is 12.2. The standard InChI is InChI=1S/C13H26N4O2S/c1-16-12-2-3-13(16)9-11(8-12)10-15-20(18,19)17-6-4-14-5-7-17/h11-15H,2-10H2,1H3. The molecule has 2 bridgehead atoms. The molecule has 2 unspecified atom stereocenters. The van der Waals surface area contributed by atoms with E-state index >= 15 is 0 Å². The van der Waals surface area contributed by atoms with E-state index in [0.717, 1.165) is 25.9 Å². The lowest BCUT2D eigenvalue weighted by Crippen LogP contribution is -2.51. The van der Waals surface area contributed by atoms with Crippen LogP contribution in [0.5, 0.6) is 0 Å². The van der Waals surface area contributed by atoms with Gasteiger partial charge in [-0.2, -0.15) is 12.7 Å². The zero-order valence-corrected chi connectivity index (χ0v) is 13.0. The molecule has 0 saturated carbocycles. The van der Waals surface area contributed by atoms with Gasteiger partial charge in [0.1, 0.15) is 0 Å². The monoisotopic (exact) mass is 302 g/mol. The summed E-state index contributed by atoms with van der Waals surface area (Å²) in [4.78, 5) is 2.49. The zero-order chi connectivity index (χ0) is 14.2. The molecule has 0 aromatic carbocycles. The van der Waals surface area contributed by atoms with E-state index in [2.05, 4.69) is 22.0 Å². The number of nitrogens with zero attached hydrogens (tertiary/aromatic N) is 2. The molecule has 7 heteroatoms. The Hall–Kier alpha value is -0.210. The Morgan fingerprint density at radius 1 is 1.15 bits per heavy atom. The fraction of sp³-hybridized carbons (Fsp3) is 1.00. The van der Waals surface area contributed by atoms with Crippen molar-refractivity contribution in [3.63, 3.8) is 0 Å². The first kappa shape index (κ1) is 14.7. The van der Waals surface area contributed by atoms with E-state index in [1.165, 1.54) is 12.8 Å². The first-order valence-electron chi connectivity index (χ1n) is 7.73. The molecule has 0 aromatic rings. The van der Waals surface area contributed by atoms with Crippen molar-refractivity contribution < 1.29 is 8.42 Å². The summed E-state index contributed by atoms with van der Waals surface area (Å²) < 4.78 is 28.9. The van der Waals surface area contributed by atoms with Crippen LogP contribution in [-0.2, 0) is 10.2 Å². The summed E-state index contributed by atoms with van der Waals surface area (Å²) in [7, 11) is -1.07. The third-order valence-corrected chi connectivity index (χ3v) is 6.74. The summed E-state index contributed by atoms with van der Waals surface area (Å²) >= 11 is 0. The Morgan fingerprint density at radius 3 is 2.35 bits per heavy atom. The Kier molecular flexibility index (Phi) is 4.33. The van der Waals surface area contributed by atoms with Gasteiger partial charge in [-0.1, -0.05) is 0 Å². The van der Waals surface area contributed by atoms with Crippen molar-refractivity contribution in [3.05, 3.63) is 0 Å². The minimum Gasteiger partial charge on any atom is -0.314 e. The topological polar surface area (TPSA) is 64.7 Å². The van der Waals surface area contributed by atoms with Crippen molar-refractivity contribution in [2.45, 2.75) is 37.8 Å². The molecule has 2 N–H and O–H groups in total. The summed E-state index contributed by atoms with van der Waals surface area (Å²) in [6, 6.07) is 1.34. The third-order valence-electron chi connectivity index (χ3n) is 5.17. The molecule has 3 rings (SSSR count). The molecule has 116 valence electrons. The lowest BCUT2D eigenvalue weighted by molar-refractivity contribution is 0.135. The van der Waals surface area contributed by atoms with Gasteiger partial charge in [-0.15, -0.1) is 0 Å². The Morgan fingerprint density at radius 2 is 1.75 bits per heavy atom. The summed E-state index contributed by atoms with van der Waals surface area (Å²) in [6.07, 6.45) is 4.83. The fourth-order valence-corrected chi connectivity index (χ4v) is 5.18. The van der Waals surface area contributed by atoms with E-state index in [-0.39, 0.29) is 0 Å². The van der Waals surface area contributed by atoms with Crippen molar-refractivity contribution in [2.75, 3.05) is 39.8 Å². The van der Waals surface area contributed by atoms with Crippen LogP contribution in [0.2, 0.25) is 0 Å². The van der Waals surface area contributed by atoms with Crippen LogP contribution < -0.4 is 10.0 Å². The van der Waals surface area contributed by atoms with Gasteiger partial charge in [-0.3, -0.25) is 0 Å². The zero-order valence-electron chi connectivity index (χ0n) is 12.2. The van der Waals surface area contributed by atoms with Crippen LogP contribution in [0, 0.1) is 5.92 Å². The molecule has 3 aliphatic rings. The lowest BCUT2D eigenvalue weighted by atomic mass is 9.91. The Bertz CT molecular complexity index is 422. The predicted octanol–water partition coefficient (Wildman–Crippen LogP) is -0.401. The second-order valence-corrected chi connectivity index (χ2v) is 8.15. The van der Waals surface area contributed by atoms with Gasteiger partial charge in [0, 0.05) is 44.8 Å². The highest BCUT2D eigenvalue weighted by Crippen LogP contribution is 2.37. The lowest BCUT2D eigenvalue weighted by Gasteiger charge is -2.36. The summed E-state index contributed by atoms with van der Waals surface area (Å²) in [5.74, 6) is 0.501. The van der Waals surface area contributed by atoms with Gasteiger partial charge in [0.2, 0.25) is 0 Å². The summed E-state index contributed by atoms with van der Waals surface area (Å²) in [5.41, 5.74) is 0. The molecular formula is C13H26N4O2S. The van der Waals surface area contributed by atoms with Crippen LogP contribution in [0.15, 0.2) is 0 Å². The van der Waals surface area contributed by atoms with Gasteiger partial charge in [0.05, 0.1) is 0 Å². The molecule has 0 aliphatic carbocycles. The molecular weight excluding hydrogens is 276 g/mol. The fourth-order valence-electron chi connectivity index (χ4n) is 3.89. The molecule has 0 spiro atoms. The van der Waals surface area contributed by atoms with Crippen LogP contribution in [0.25, 0.3) is 0 Å². The van der Waals surface area contributed by atoms with Gasteiger partial charge < -0.3 is 10.2 Å². The molecule has 0 amide bonds. The maximum Gasteiger partial charge on any atom is 0.279 e. The van der Waals surface area contributed by atoms with Gasteiger partial charge in [0.25, 0.3) is 10.2 Å². The normalized spacial score (nSPS) is 36.4. The van der Waals surface area contributed by atoms with Crippen LogP contribution in [0.1, 0.15) is 25.7 Å². The number of fused-ring (bicyclic) bond motifs is 2. The van der Waals surface area contributed by atoms with Crippen molar-refractivity contribution in [3.8, 4) is 0 Å². The molecule has 2 atom stereocenters. The average molecular weight is 302 g/mol. The van der Waals surface area contributed by atoms with Gasteiger partial charge in [0.15, 0.2) is 0 Å². The van der Waals surface area contributed by atoms with Crippen LogP contribution >= 0.6 is 0 Å². The largest absolute Gasteiger partial charge is 0.314 e. The number of nitrogens with one attached hydrogen (secondary N) is 2. The van der Waals surface area contributed by atoms with Crippen molar-refractivity contribution >= 4 is 10.2 Å². The highest BCUT2D eigenvalue weighted by atomic mass is 32.2. The van der Waals surface area contributed by atoms with Gasteiger partial charge in [-0.05, 0) is 38.6 Å². The first-order chi connectivity index (χ1) is 9.56. The maximum atomic E-state index is 12.2. The first-order valence-corrected chi connectivity index (χ1v) is 9.17. The van der Waals surface area contributed by atoms with Crippen molar-refractivity contribution in [2.24, 2.45) is 5.92 Å². The third kappa shape index (κ3) is 3.01. The molecule has 3 aliphatic heterocycles. The van der Waals surface area contributed by atoms with Crippen molar-refractivity contribution in [1.82, 2.24) is 19.2 Å². The minimum absolute atomic E-state index is 0.501. The number of piperazine rings is 1. The number of piperidine rings is 1. The van der Waals surface area contributed by atoms with Crippen LogP contribution in [0.3, 0.4) is 0 Å². The van der Waals surface area contributed by atoms with Crippen LogP contribution in [-0.4, -0.2) is 69.5 Å². The minimum atomic E-state index is -3.28. The van der Waals surface area contributed by atoms with E-state index in [1.807, 2.05) is 0 Å². The smallest absolute Gasteiger partial charge is 0.279 e. The second-order valence-electron chi connectivity index (χ2n) is 6.39. The number of hydrogen-bond donors (Lipinski definition) is 2. The van der Waals surface area contributed by atoms with Crippen molar-refractivity contribution in [1.29, 1.82) is 0 Å². The number of rotatable bonds is 4. The molecule has 0 radical (unpaired) electrons. The molecule has 20 heavy (non-hydrogen) atoms. The molecule has 3 heterocycles. The van der Waals surface area contributed by atoms with Gasteiger partial charge in [-0.25, -0.2) is 4.72 Å². The SMILES string of the molecule is CN1C2CCC1CC(CNS(=O)(=O)N1CCNCC1)C2. The summed E-state index contributed by atoms with van der Waals surface area (Å²) in [6.45, 7) is 3.26. The van der Waals surface area contributed by atoms with E-state index < -0.39 is 10.2 Å². The summed E-state index contributed by atoms with van der Waals surface area (Å²) in [5, 5.41) is 3.18. The molecule has 3 fully saturated rings. The van der Waals surface area contributed by atoms with Gasteiger partial charge >= 0.3 is 0 Å². The average Bonchev–Trinajstić information content (AvgIpc) is 2.67. The van der Waals surface area contributed by atoms with Crippen LogP contribution in [0.4, 0.5) is 0 Å². The Balaban J connectivity index is 1.52. The molecule has 0 aromatic heterocycles. The predicted molar refractivity (Wildman–Crippen MR) is 78.7 cm³/mol. The highest BCUT2D eigenvalue weighted by Gasteiger charge is 2.38. The second kappa shape index (κ2) is 5.88. The van der Waals surface area contributed by atoms with E-state index in [0.29, 0.717) is 37.6 Å². The molecule has 6 nitrogen and oxygen atoms in total. The van der Waals surface area contributed by atoms with E-state index in [4.69, 9.17) is 0 Å². The van der Waals surface area contributed by atoms with E-state index in [9.17, 15) is 8.42 Å².